The minimum absolute atomic E-state index is 0.0795. The maximum absolute atomic E-state index is 11.5. The lowest BCUT2D eigenvalue weighted by Gasteiger charge is -2.16. The van der Waals surface area contributed by atoms with E-state index in [0.717, 1.165) is 5.56 Å². The van der Waals surface area contributed by atoms with Crippen LogP contribution in [0.3, 0.4) is 0 Å². The molecule has 0 bridgehead atoms. The van der Waals surface area contributed by atoms with Crippen molar-refractivity contribution in [3.63, 3.8) is 0 Å². The van der Waals surface area contributed by atoms with Gasteiger partial charge in [0.1, 0.15) is 6.04 Å². The Balaban J connectivity index is 2.58. The molecule has 0 aliphatic carbocycles. The number of quaternary nitrogens is 1. The number of nitrogens with one attached hydrogen (secondary N) is 1. The van der Waals surface area contributed by atoms with E-state index in [1.807, 2.05) is 24.4 Å². The van der Waals surface area contributed by atoms with Crippen molar-refractivity contribution >= 4 is 23.5 Å². The summed E-state index contributed by atoms with van der Waals surface area (Å²) in [6.45, 7) is 3.68. The molecule has 0 unspecified atom stereocenters. The summed E-state index contributed by atoms with van der Waals surface area (Å²) in [4.78, 5) is 22.1. The van der Waals surface area contributed by atoms with Gasteiger partial charge in [-0.15, -0.1) is 0 Å². The molecule has 1 aromatic carbocycles. The lowest BCUT2D eigenvalue weighted by Crippen LogP contribution is -2.92. The van der Waals surface area contributed by atoms with Crippen LogP contribution in [-0.4, -0.2) is 18.0 Å². The molecule has 1 aromatic rings. The van der Waals surface area contributed by atoms with E-state index in [9.17, 15) is 9.59 Å². The monoisotopic (exact) mass is 270 g/mol. The highest BCUT2D eigenvalue weighted by Crippen LogP contribution is 2.13. The zero-order chi connectivity index (χ0) is 13.7. The van der Waals surface area contributed by atoms with Gasteiger partial charge in [0.25, 0.3) is 5.91 Å². The summed E-state index contributed by atoms with van der Waals surface area (Å²) in [7, 11) is 0. The number of hydrogen-bond acceptors (Lipinski definition) is 2. The van der Waals surface area contributed by atoms with E-state index in [0.29, 0.717) is 5.02 Å². The second kappa shape index (κ2) is 6.37. The molecule has 0 spiro atoms. The fourth-order valence-corrected chi connectivity index (χ4v) is 1.76. The number of hydrogen-bond donors (Lipinski definition) is 3. The van der Waals surface area contributed by atoms with Crippen molar-refractivity contribution in [1.29, 1.82) is 0 Å². The van der Waals surface area contributed by atoms with Crippen molar-refractivity contribution in [3.8, 4) is 0 Å². The summed E-state index contributed by atoms with van der Waals surface area (Å²) in [5.41, 5.74) is 5.94. The Morgan fingerprint density at radius 2 is 1.83 bits per heavy atom. The van der Waals surface area contributed by atoms with Gasteiger partial charge in [0.15, 0.2) is 6.04 Å². The summed E-state index contributed by atoms with van der Waals surface area (Å²) < 4.78 is 0. The maximum Gasteiger partial charge on any atom is 0.319 e. The first-order valence-corrected chi connectivity index (χ1v) is 5.98. The summed E-state index contributed by atoms with van der Waals surface area (Å²) in [5.74, 6) is -0.400. The number of carbonyl (C=O) groups is 2. The third-order valence-corrected chi connectivity index (χ3v) is 2.89. The molecular formula is C12H17ClN3O2+. The lowest BCUT2D eigenvalue weighted by molar-refractivity contribution is -0.710. The molecule has 0 saturated heterocycles. The first-order chi connectivity index (χ1) is 8.40. The van der Waals surface area contributed by atoms with E-state index in [1.165, 1.54) is 0 Å². The van der Waals surface area contributed by atoms with Gasteiger partial charge in [-0.05, 0) is 26.0 Å². The van der Waals surface area contributed by atoms with Gasteiger partial charge in [-0.2, -0.15) is 0 Å². The molecule has 0 heterocycles. The van der Waals surface area contributed by atoms with Crippen molar-refractivity contribution < 1.29 is 14.9 Å². The lowest BCUT2D eigenvalue weighted by atomic mass is 10.1. The summed E-state index contributed by atoms with van der Waals surface area (Å²) in [6, 6.07) is 6.26. The minimum atomic E-state index is -0.834. The molecule has 18 heavy (non-hydrogen) atoms. The highest BCUT2D eigenvalue weighted by atomic mass is 35.5. The molecule has 5 nitrogen and oxygen atoms in total. The average Bonchev–Trinajstić information content (AvgIpc) is 2.28. The van der Waals surface area contributed by atoms with Crippen LogP contribution in [0.4, 0.5) is 4.79 Å². The number of nitrogens with two attached hydrogens (primary N) is 2. The Morgan fingerprint density at radius 1 is 1.28 bits per heavy atom. The topological polar surface area (TPSA) is 88.8 Å². The summed E-state index contributed by atoms with van der Waals surface area (Å²) in [6.07, 6.45) is 0. The van der Waals surface area contributed by atoms with Crippen molar-refractivity contribution in [2.75, 3.05) is 0 Å². The third-order valence-electron chi connectivity index (χ3n) is 2.63. The highest BCUT2D eigenvalue weighted by Gasteiger charge is 2.21. The minimum Gasteiger partial charge on any atom is -0.351 e. The number of benzene rings is 1. The molecule has 2 atom stereocenters. The highest BCUT2D eigenvalue weighted by molar-refractivity contribution is 6.30. The second-order valence-corrected chi connectivity index (χ2v) is 4.61. The molecule has 6 heteroatoms. The molecule has 0 aliphatic heterocycles. The van der Waals surface area contributed by atoms with E-state index in [2.05, 4.69) is 5.32 Å². The molecule has 1 rings (SSSR count). The fourth-order valence-electron chi connectivity index (χ4n) is 1.63. The number of halogens is 1. The standard InChI is InChI=1S/C12H16ClN3O2/c1-7(9-3-5-10(13)6-4-9)15-8(2)11(17)16-12(14)18/h3-8,15H,1-2H3,(H3,14,16,17,18)/p+1/t7-,8+/m0/s1. The van der Waals surface area contributed by atoms with Gasteiger partial charge in [0, 0.05) is 10.6 Å². The van der Waals surface area contributed by atoms with Gasteiger partial charge in [0.2, 0.25) is 0 Å². The molecule has 5 N–H and O–H groups in total. The third kappa shape index (κ3) is 4.35. The second-order valence-electron chi connectivity index (χ2n) is 4.17. The molecule has 0 radical (unpaired) electrons. The number of amides is 3. The van der Waals surface area contributed by atoms with Gasteiger partial charge in [-0.3, -0.25) is 10.1 Å². The van der Waals surface area contributed by atoms with Crippen LogP contribution in [0.1, 0.15) is 25.5 Å². The van der Waals surface area contributed by atoms with E-state index in [4.69, 9.17) is 17.3 Å². The Hall–Kier alpha value is -1.59. The van der Waals surface area contributed by atoms with Crippen molar-refractivity contribution in [2.45, 2.75) is 25.9 Å². The number of carbonyl (C=O) groups excluding carboxylic acids is 2. The van der Waals surface area contributed by atoms with Gasteiger partial charge in [0.05, 0.1) is 0 Å². The zero-order valence-electron chi connectivity index (χ0n) is 10.3. The van der Waals surface area contributed by atoms with Crippen LogP contribution in [0.2, 0.25) is 5.02 Å². The van der Waals surface area contributed by atoms with Crippen LogP contribution in [0, 0.1) is 0 Å². The Bertz CT molecular complexity index is 433. The summed E-state index contributed by atoms with van der Waals surface area (Å²) in [5, 5.41) is 4.58. The maximum atomic E-state index is 11.5. The van der Waals surface area contributed by atoms with Crippen LogP contribution in [0.5, 0.6) is 0 Å². The molecule has 0 aliphatic rings. The van der Waals surface area contributed by atoms with Crippen LogP contribution >= 0.6 is 11.6 Å². The van der Waals surface area contributed by atoms with Crippen LogP contribution < -0.4 is 16.4 Å². The fraction of sp³-hybridized carbons (Fsp3) is 0.333. The number of imide groups is 1. The van der Waals surface area contributed by atoms with E-state index < -0.39 is 18.0 Å². The normalized spacial score (nSPS) is 13.7. The summed E-state index contributed by atoms with van der Waals surface area (Å²) >= 11 is 5.80. The van der Waals surface area contributed by atoms with Crippen LogP contribution in [-0.2, 0) is 4.79 Å². The van der Waals surface area contributed by atoms with Crippen LogP contribution in [0.25, 0.3) is 0 Å². The molecule has 0 aromatic heterocycles. The van der Waals surface area contributed by atoms with Gasteiger partial charge >= 0.3 is 6.03 Å². The average molecular weight is 271 g/mol. The largest absolute Gasteiger partial charge is 0.351 e. The van der Waals surface area contributed by atoms with Crippen molar-refractivity contribution in [1.82, 2.24) is 5.32 Å². The van der Waals surface area contributed by atoms with Crippen LogP contribution in [0.15, 0.2) is 24.3 Å². The van der Waals surface area contributed by atoms with Gasteiger partial charge < -0.3 is 11.1 Å². The first-order valence-electron chi connectivity index (χ1n) is 5.61. The molecule has 0 fully saturated rings. The van der Waals surface area contributed by atoms with E-state index >= 15 is 0 Å². The Kier molecular flexibility index (Phi) is 5.12. The molecule has 98 valence electrons. The number of primary amides is 1. The Labute approximate surface area is 111 Å². The molecular weight excluding hydrogens is 254 g/mol. The predicted octanol–water partition coefficient (Wildman–Crippen LogP) is 0.548. The SMILES string of the molecule is C[C@H]([NH2+][C@H](C)C(=O)NC(N)=O)c1ccc(Cl)cc1. The quantitative estimate of drug-likeness (QED) is 0.746. The molecule has 0 saturated carbocycles. The zero-order valence-corrected chi connectivity index (χ0v) is 11.1. The molecule has 3 amide bonds. The Morgan fingerprint density at radius 3 is 2.33 bits per heavy atom. The predicted molar refractivity (Wildman–Crippen MR) is 69.0 cm³/mol. The first kappa shape index (κ1) is 14.5. The van der Waals surface area contributed by atoms with E-state index in [1.54, 1.807) is 19.1 Å². The number of urea groups is 1. The van der Waals surface area contributed by atoms with Crippen molar-refractivity contribution in [2.24, 2.45) is 5.73 Å². The number of rotatable bonds is 4. The van der Waals surface area contributed by atoms with Crippen molar-refractivity contribution in [3.05, 3.63) is 34.9 Å². The van der Waals surface area contributed by atoms with E-state index in [-0.39, 0.29) is 6.04 Å². The smallest absolute Gasteiger partial charge is 0.319 e. The van der Waals surface area contributed by atoms with Gasteiger partial charge in [-0.1, -0.05) is 23.7 Å². The van der Waals surface area contributed by atoms with Gasteiger partial charge in [-0.25, -0.2) is 4.79 Å².